The Hall–Kier alpha value is -2.63. The Kier molecular flexibility index (Phi) is 3.66. The van der Waals surface area contributed by atoms with Crippen molar-refractivity contribution in [1.29, 1.82) is 0 Å². The van der Waals surface area contributed by atoms with E-state index in [9.17, 15) is 9.90 Å². The van der Waals surface area contributed by atoms with Gasteiger partial charge in [-0.2, -0.15) is 5.10 Å². The number of carbonyl (C=O) groups is 1. The van der Waals surface area contributed by atoms with Crippen LogP contribution in [-0.2, 0) is 11.2 Å². The fourth-order valence-corrected chi connectivity index (χ4v) is 2.71. The number of amides is 1. The number of hydrazone groups is 1. The molecule has 0 spiro atoms. The molecular weight excluding hydrogens is 280 g/mol. The van der Waals surface area contributed by atoms with Crippen molar-refractivity contribution in [2.45, 2.75) is 19.5 Å². The minimum absolute atomic E-state index is 0.0732. The first-order chi connectivity index (χ1) is 10.6. The first-order valence-corrected chi connectivity index (χ1v) is 7.17. The standard InChI is InChI=1S/C16H18N4O2/c1-10-12(8-11-6-4-3-5-7-11)16(22)20-14(19-10)13(9-18-20)15(21)17-2/h3-7,9,13-14,22H,8H2,1-2H3,(H,17,21). The molecule has 22 heavy (non-hydrogen) atoms. The quantitative estimate of drug-likeness (QED) is 0.887. The molecule has 2 aliphatic heterocycles. The number of benzene rings is 1. The number of allylic oxidation sites excluding steroid dienone is 1. The molecule has 3 rings (SSSR count). The van der Waals surface area contributed by atoms with Crippen molar-refractivity contribution in [2.75, 3.05) is 7.05 Å². The van der Waals surface area contributed by atoms with Gasteiger partial charge in [0.25, 0.3) is 0 Å². The van der Waals surface area contributed by atoms with Crippen LogP contribution >= 0.6 is 0 Å². The van der Waals surface area contributed by atoms with E-state index in [1.54, 1.807) is 7.05 Å². The number of aliphatic hydroxyl groups excluding tert-OH is 1. The van der Waals surface area contributed by atoms with Crippen molar-refractivity contribution in [1.82, 2.24) is 10.3 Å². The van der Waals surface area contributed by atoms with E-state index in [4.69, 9.17) is 0 Å². The van der Waals surface area contributed by atoms with Gasteiger partial charge in [-0.3, -0.25) is 9.79 Å². The average molecular weight is 298 g/mol. The van der Waals surface area contributed by atoms with Gasteiger partial charge in [-0.05, 0) is 12.5 Å². The van der Waals surface area contributed by atoms with E-state index in [1.807, 2.05) is 37.3 Å². The van der Waals surface area contributed by atoms with Crippen molar-refractivity contribution in [3.63, 3.8) is 0 Å². The van der Waals surface area contributed by atoms with Crippen LogP contribution < -0.4 is 5.32 Å². The molecule has 0 bridgehead atoms. The zero-order valence-electron chi connectivity index (χ0n) is 12.5. The maximum atomic E-state index is 11.9. The molecule has 114 valence electrons. The highest BCUT2D eigenvalue weighted by molar-refractivity contribution is 6.01. The smallest absolute Gasteiger partial charge is 0.232 e. The number of aliphatic imine (C=N–C) groups is 1. The van der Waals surface area contributed by atoms with E-state index in [-0.39, 0.29) is 11.8 Å². The lowest BCUT2D eigenvalue weighted by Crippen LogP contribution is -2.42. The monoisotopic (exact) mass is 298 g/mol. The summed E-state index contributed by atoms with van der Waals surface area (Å²) in [5.74, 6) is -0.573. The Morgan fingerprint density at radius 1 is 1.36 bits per heavy atom. The molecule has 0 fully saturated rings. The van der Waals surface area contributed by atoms with E-state index in [1.165, 1.54) is 11.2 Å². The molecule has 0 aromatic heterocycles. The second-order valence-electron chi connectivity index (χ2n) is 5.34. The number of nitrogens with zero attached hydrogens (tertiary/aromatic N) is 3. The predicted octanol–water partition coefficient (Wildman–Crippen LogP) is 1.46. The van der Waals surface area contributed by atoms with Gasteiger partial charge in [0.15, 0.2) is 6.17 Å². The number of hydrogen-bond acceptors (Lipinski definition) is 5. The Labute approximate surface area is 128 Å². The van der Waals surface area contributed by atoms with Gasteiger partial charge in [0.1, 0.15) is 5.92 Å². The number of rotatable bonds is 3. The lowest BCUT2D eigenvalue weighted by atomic mass is 9.99. The molecule has 2 atom stereocenters. The van der Waals surface area contributed by atoms with Crippen molar-refractivity contribution in [2.24, 2.45) is 16.0 Å². The van der Waals surface area contributed by atoms with Crippen LogP contribution in [0.15, 0.2) is 51.9 Å². The summed E-state index contributed by atoms with van der Waals surface area (Å²) in [5.41, 5.74) is 2.56. The van der Waals surface area contributed by atoms with E-state index in [2.05, 4.69) is 15.4 Å². The molecule has 6 heteroatoms. The molecule has 2 heterocycles. The lowest BCUT2D eigenvalue weighted by Gasteiger charge is -2.29. The van der Waals surface area contributed by atoms with Crippen molar-refractivity contribution < 1.29 is 9.90 Å². The molecule has 1 aromatic carbocycles. The number of hydrogen-bond donors (Lipinski definition) is 2. The van der Waals surface area contributed by atoms with Crippen molar-refractivity contribution >= 4 is 17.8 Å². The van der Waals surface area contributed by atoms with Gasteiger partial charge in [-0.1, -0.05) is 30.3 Å². The first kappa shape index (κ1) is 14.3. The summed E-state index contributed by atoms with van der Waals surface area (Å²) < 4.78 is 0. The number of aliphatic hydroxyl groups is 1. The van der Waals surface area contributed by atoms with Crippen LogP contribution in [0.5, 0.6) is 0 Å². The summed E-state index contributed by atoms with van der Waals surface area (Å²) in [7, 11) is 1.58. The maximum Gasteiger partial charge on any atom is 0.232 e. The first-order valence-electron chi connectivity index (χ1n) is 7.17. The minimum Gasteiger partial charge on any atom is -0.493 e. The lowest BCUT2D eigenvalue weighted by molar-refractivity contribution is -0.123. The molecule has 1 aromatic rings. The highest BCUT2D eigenvalue weighted by Gasteiger charge is 2.40. The topological polar surface area (TPSA) is 77.3 Å². The second kappa shape index (κ2) is 5.63. The molecule has 6 nitrogen and oxygen atoms in total. The molecule has 0 saturated carbocycles. The fraction of sp³-hybridized carbons (Fsp3) is 0.312. The van der Waals surface area contributed by atoms with Gasteiger partial charge in [0.2, 0.25) is 11.8 Å². The zero-order chi connectivity index (χ0) is 15.7. The minimum atomic E-state index is -0.500. The Morgan fingerprint density at radius 2 is 2.09 bits per heavy atom. The van der Waals surface area contributed by atoms with Gasteiger partial charge in [-0.25, -0.2) is 5.01 Å². The molecule has 2 aliphatic rings. The number of fused-ring (bicyclic) bond motifs is 1. The fourth-order valence-electron chi connectivity index (χ4n) is 2.71. The van der Waals surface area contributed by atoms with Crippen LogP contribution in [0.2, 0.25) is 0 Å². The molecule has 1 amide bonds. The Bertz CT molecular complexity index is 679. The third-order valence-corrected chi connectivity index (χ3v) is 3.95. The van der Waals surface area contributed by atoms with Crippen LogP contribution in [0.25, 0.3) is 0 Å². The van der Waals surface area contributed by atoms with Gasteiger partial charge in [0, 0.05) is 31.0 Å². The van der Waals surface area contributed by atoms with E-state index in [0.717, 1.165) is 16.8 Å². The predicted molar refractivity (Wildman–Crippen MR) is 84.6 cm³/mol. The van der Waals surface area contributed by atoms with E-state index >= 15 is 0 Å². The molecule has 0 aliphatic carbocycles. The molecular formula is C16H18N4O2. The Morgan fingerprint density at radius 3 is 2.77 bits per heavy atom. The largest absolute Gasteiger partial charge is 0.493 e. The van der Waals surface area contributed by atoms with Crippen LogP contribution in [0, 0.1) is 5.92 Å². The van der Waals surface area contributed by atoms with E-state index in [0.29, 0.717) is 6.42 Å². The summed E-state index contributed by atoms with van der Waals surface area (Å²) in [5, 5.41) is 18.7. The number of nitrogens with one attached hydrogen (secondary N) is 1. The summed E-state index contributed by atoms with van der Waals surface area (Å²) in [6.07, 6.45) is 1.60. The molecule has 0 saturated heterocycles. The van der Waals surface area contributed by atoms with Gasteiger partial charge < -0.3 is 10.4 Å². The third-order valence-electron chi connectivity index (χ3n) is 3.95. The molecule has 2 N–H and O–H groups in total. The summed E-state index contributed by atoms with van der Waals surface area (Å²) in [6, 6.07) is 9.87. The third kappa shape index (κ3) is 2.36. The summed E-state index contributed by atoms with van der Waals surface area (Å²) in [6.45, 7) is 1.85. The SMILES string of the molecule is CNC(=O)C1C=NN2C(O)=C(Cc3ccccc3)C(C)=NC12. The number of carbonyl (C=O) groups excluding carboxylic acids is 1. The Balaban J connectivity index is 1.89. The summed E-state index contributed by atoms with van der Waals surface area (Å²) >= 11 is 0. The van der Waals surface area contributed by atoms with Crippen LogP contribution in [0.1, 0.15) is 12.5 Å². The van der Waals surface area contributed by atoms with Gasteiger partial charge in [-0.15, -0.1) is 0 Å². The van der Waals surface area contributed by atoms with Crippen LogP contribution in [-0.4, -0.2) is 41.2 Å². The van der Waals surface area contributed by atoms with Crippen LogP contribution in [0.3, 0.4) is 0 Å². The van der Waals surface area contributed by atoms with Crippen LogP contribution in [0.4, 0.5) is 0 Å². The zero-order valence-corrected chi connectivity index (χ0v) is 12.5. The molecule has 0 radical (unpaired) electrons. The van der Waals surface area contributed by atoms with Crippen molar-refractivity contribution in [3.05, 3.63) is 47.4 Å². The average Bonchev–Trinajstić information content (AvgIpc) is 2.95. The van der Waals surface area contributed by atoms with E-state index < -0.39 is 12.1 Å². The second-order valence-corrected chi connectivity index (χ2v) is 5.34. The highest BCUT2D eigenvalue weighted by Crippen LogP contribution is 2.30. The molecule has 2 unspecified atom stereocenters. The highest BCUT2D eigenvalue weighted by atomic mass is 16.3. The van der Waals surface area contributed by atoms with Crippen molar-refractivity contribution in [3.8, 4) is 0 Å². The maximum absolute atomic E-state index is 11.9. The van der Waals surface area contributed by atoms with Gasteiger partial charge >= 0.3 is 0 Å². The normalized spacial score (nSPS) is 23.4. The summed E-state index contributed by atoms with van der Waals surface area (Å²) in [4.78, 5) is 16.4. The van der Waals surface area contributed by atoms with Gasteiger partial charge in [0.05, 0.1) is 0 Å².